The Kier molecular flexibility index (Phi) is 3.22. The second kappa shape index (κ2) is 4.63. The fraction of sp³-hybridized carbons (Fsp3) is 0.636. The van der Waals surface area contributed by atoms with Gasteiger partial charge in [0.1, 0.15) is 0 Å². The molecule has 5 heteroatoms. The third kappa shape index (κ3) is 2.23. The topological polar surface area (TPSA) is 41.1 Å². The molecule has 0 atom stereocenters. The van der Waals surface area contributed by atoms with Gasteiger partial charge in [-0.05, 0) is 26.7 Å². The van der Waals surface area contributed by atoms with E-state index < -0.39 is 0 Å². The molecule has 0 spiro atoms. The summed E-state index contributed by atoms with van der Waals surface area (Å²) in [5.74, 6) is 0.587. The van der Waals surface area contributed by atoms with E-state index in [1.54, 1.807) is 0 Å². The van der Waals surface area contributed by atoms with E-state index in [2.05, 4.69) is 15.3 Å². The van der Waals surface area contributed by atoms with Gasteiger partial charge >= 0.3 is 0 Å². The lowest BCUT2D eigenvalue weighted by molar-refractivity contribution is 0.602. The average molecular weight is 224 g/mol. The zero-order valence-electron chi connectivity index (χ0n) is 9.70. The number of anilines is 2. The number of aromatic nitrogens is 2. The van der Waals surface area contributed by atoms with Crippen LogP contribution in [-0.4, -0.2) is 29.1 Å². The molecule has 1 aliphatic carbocycles. The highest BCUT2D eigenvalue weighted by Gasteiger charge is 2.30. The highest BCUT2D eigenvalue weighted by atomic mass is 19.1. The maximum Gasteiger partial charge on any atom is 0.224 e. The van der Waals surface area contributed by atoms with E-state index in [4.69, 9.17) is 0 Å². The Labute approximate surface area is 94.9 Å². The summed E-state index contributed by atoms with van der Waals surface area (Å²) in [7, 11) is 0. The Bertz CT molecular complexity index is 365. The fourth-order valence-electron chi connectivity index (χ4n) is 1.77. The predicted molar refractivity (Wildman–Crippen MR) is 62.2 cm³/mol. The Balaban J connectivity index is 2.25. The summed E-state index contributed by atoms with van der Waals surface area (Å²) < 4.78 is 13.6. The number of halogens is 1. The molecule has 0 aliphatic heterocycles. The summed E-state index contributed by atoms with van der Waals surface area (Å²) in [4.78, 5) is 10.1. The van der Waals surface area contributed by atoms with Crippen molar-refractivity contribution in [2.75, 3.05) is 23.3 Å². The minimum absolute atomic E-state index is 0.338. The van der Waals surface area contributed by atoms with Gasteiger partial charge in [0.15, 0.2) is 11.6 Å². The van der Waals surface area contributed by atoms with Gasteiger partial charge in [0.25, 0.3) is 0 Å². The lowest BCUT2D eigenvalue weighted by Gasteiger charge is -2.22. The molecule has 1 saturated carbocycles. The fourth-order valence-corrected chi connectivity index (χ4v) is 1.77. The van der Waals surface area contributed by atoms with E-state index in [0.717, 1.165) is 25.9 Å². The van der Waals surface area contributed by atoms with Crippen LogP contribution in [0.1, 0.15) is 26.7 Å². The largest absolute Gasteiger partial charge is 0.354 e. The number of nitrogens with one attached hydrogen (secondary N) is 1. The molecule has 2 rings (SSSR count). The van der Waals surface area contributed by atoms with Gasteiger partial charge in [-0.3, -0.25) is 0 Å². The predicted octanol–water partition coefficient (Wildman–Crippen LogP) is 2.04. The first-order chi connectivity index (χ1) is 7.76. The standard InChI is InChI=1S/C11H17FN4/c1-3-13-11-14-7-9(12)10(15-11)16(4-2)8-5-6-8/h7-8H,3-6H2,1-2H3,(H,13,14,15). The first-order valence-electron chi connectivity index (χ1n) is 5.79. The highest BCUT2D eigenvalue weighted by Crippen LogP contribution is 2.31. The molecule has 1 N–H and O–H groups in total. The summed E-state index contributed by atoms with van der Waals surface area (Å²) in [6.45, 7) is 5.50. The molecule has 0 aromatic carbocycles. The molecule has 0 radical (unpaired) electrons. The van der Waals surface area contributed by atoms with Gasteiger partial charge in [0, 0.05) is 19.1 Å². The number of hydrogen-bond acceptors (Lipinski definition) is 4. The van der Waals surface area contributed by atoms with Crippen molar-refractivity contribution in [3.8, 4) is 0 Å². The quantitative estimate of drug-likeness (QED) is 0.831. The molecule has 0 unspecified atom stereocenters. The molecule has 4 nitrogen and oxygen atoms in total. The van der Waals surface area contributed by atoms with Crippen LogP contribution in [0, 0.1) is 5.82 Å². The molecular weight excluding hydrogens is 207 g/mol. The lowest BCUT2D eigenvalue weighted by atomic mass is 10.4. The molecule has 88 valence electrons. The first-order valence-corrected chi connectivity index (χ1v) is 5.79. The normalized spacial score (nSPS) is 14.9. The van der Waals surface area contributed by atoms with Crippen molar-refractivity contribution in [2.24, 2.45) is 0 Å². The van der Waals surface area contributed by atoms with Crippen molar-refractivity contribution in [1.29, 1.82) is 0 Å². The summed E-state index contributed by atoms with van der Waals surface area (Å²) in [5, 5.41) is 3.00. The Morgan fingerprint density at radius 1 is 1.50 bits per heavy atom. The van der Waals surface area contributed by atoms with E-state index in [0.29, 0.717) is 17.8 Å². The van der Waals surface area contributed by atoms with Crippen LogP contribution < -0.4 is 10.2 Å². The SMILES string of the molecule is CCNc1ncc(F)c(N(CC)C2CC2)n1. The van der Waals surface area contributed by atoms with E-state index in [1.807, 2.05) is 18.7 Å². The summed E-state index contributed by atoms with van der Waals surface area (Å²) in [6, 6.07) is 0.462. The molecule has 1 aliphatic rings. The molecule has 1 heterocycles. The maximum absolute atomic E-state index is 13.6. The molecule has 16 heavy (non-hydrogen) atoms. The van der Waals surface area contributed by atoms with Crippen molar-refractivity contribution < 1.29 is 4.39 Å². The molecule has 1 aromatic rings. The lowest BCUT2D eigenvalue weighted by Crippen LogP contribution is -2.27. The number of nitrogens with zero attached hydrogens (tertiary/aromatic N) is 3. The van der Waals surface area contributed by atoms with Crippen molar-refractivity contribution in [3.63, 3.8) is 0 Å². The van der Waals surface area contributed by atoms with E-state index >= 15 is 0 Å². The van der Waals surface area contributed by atoms with Crippen molar-refractivity contribution in [1.82, 2.24) is 9.97 Å². The van der Waals surface area contributed by atoms with Crippen LogP contribution in [-0.2, 0) is 0 Å². The summed E-state index contributed by atoms with van der Waals surface area (Å²) >= 11 is 0. The first kappa shape index (κ1) is 11.1. The second-order valence-corrected chi connectivity index (χ2v) is 3.91. The Hall–Kier alpha value is -1.39. The monoisotopic (exact) mass is 224 g/mol. The maximum atomic E-state index is 13.6. The minimum atomic E-state index is -0.338. The summed E-state index contributed by atoms with van der Waals surface area (Å²) in [6.07, 6.45) is 3.51. The van der Waals surface area contributed by atoms with Crippen molar-refractivity contribution >= 4 is 11.8 Å². The molecule has 0 bridgehead atoms. The van der Waals surface area contributed by atoms with Crippen LogP contribution in [0.2, 0.25) is 0 Å². The van der Waals surface area contributed by atoms with Crippen LogP contribution in [0.15, 0.2) is 6.20 Å². The molecular formula is C11H17FN4. The van der Waals surface area contributed by atoms with Crippen LogP contribution >= 0.6 is 0 Å². The molecule has 1 aromatic heterocycles. The van der Waals surface area contributed by atoms with Gasteiger partial charge in [-0.1, -0.05) is 0 Å². The second-order valence-electron chi connectivity index (χ2n) is 3.91. The Morgan fingerprint density at radius 3 is 2.81 bits per heavy atom. The van der Waals surface area contributed by atoms with Crippen LogP contribution in [0.25, 0.3) is 0 Å². The number of hydrogen-bond donors (Lipinski definition) is 1. The zero-order valence-corrected chi connectivity index (χ0v) is 9.70. The summed E-state index contributed by atoms with van der Waals surface area (Å²) in [5.41, 5.74) is 0. The number of rotatable bonds is 5. The minimum Gasteiger partial charge on any atom is -0.354 e. The van der Waals surface area contributed by atoms with Gasteiger partial charge < -0.3 is 10.2 Å². The van der Waals surface area contributed by atoms with Gasteiger partial charge in [0.2, 0.25) is 5.95 Å². The molecule has 1 fully saturated rings. The van der Waals surface area contributed by atoms with Crippen LogP contribution in [0.4, 0.5) is 16.2 Å². The molecule has 0 amide bonds. The van der Waals surface area contributed by atoms with Gasteiger partial charge in [-0.25, -0.2) is 9.37 Å². The van der Waals surface area contributed by atoms with Crippen LogP contribution in [0.3, 0.4) is 0 Å². The van der Waals surface area contributed by atoms with E-state index in [1.165, 1.54) is 6.20 Å². The van der Waals surface area contributed by atoms with Gasteiger partial charge in [0.05, 0.1) is 6.20 Å². The van der Waals surface area contributed by atoms with Gasteiger partial charge in [-0.2, -0.15) is 4.98 Å². The third-order valence-corrected chi connectivity index (χ3v) is 2.66. The van der Waals surface area contributed by atoms with Gasteiger partial charge in [-0.15, -0.1) is 0 Å². The Morgan fingerprint density at radius 2 is 2.25 bits per heavy atom. The van der Waals surface area contributed by atoms with E-state index in [9.17, 15) is 4.39 Å². The zero-order chi connectivity index (χ0) is 11.5. The molecule has 0 saturated heterocycles. The van der Waals surface area contributed by atoms with Crippen molar-refractivity contribution in [3.05, 3.63) is 12.0 Å². The smallest absolute Gasteiger partial charge is 0.224 e. The third-order valence-electron chi connectivity index (χ3n) is 2.66. The van der Waals surface area contributed by atoms with Crippen LogP contribution in [0.5, 0.6) is 0 Å². The highest BCUT2D eigenvalue weighted by molar-refractivity contribution is 5.45. The van der Waals surface area contributed by atoms with Crippen molar-refractivity contribution in [2.45, 2.75) is 32.7 Å². The average Bonchev–Trinajstić information content (AvgIpc) is 3.08. The van der Waals surface area contributed by atoms with E-state index in [-0.39, 0.29) is 5.82 Å².